The maximum atomic E-state index is 9.31. The lowest BCUT2D eigenvalue weighted by molar-refractivity contribution is 0.225. The number of aliphatic hydroxyl groups excluding tert-OH is 1. The first kappa shape index (κ1) is 12.3. The molecular formula is C14H14N2O2. The molecule has 92 valence electrons. The van der Waals surface area contributed by atoms with Gasteiger partial charge < -0.3 is 10.2 Å². The van der Waals surface area contributed by atoms with Gasteiger partial charge in [0.15, 0.2) is 0 Å². The van der Waals surface area contributed by atoms with E-state index in [1.807, 2.05) is 0 Å². The molecule has 4 heteroatoms. The molecule has 1 unspecified atom stereocenters. The Kier molecular flexibility index (Phi) is 3.39. The van der Waals surface area contributed by atoms with E-state index in [-0.39, 0.29) is 17.2 Å². The molecule has 0 amide bonds. The van der Waals surface area contributed by atoms with E-state index >= 15 is 0 Å². The Labute approximate surface area is 105 Å². The Morgan fingerprint density at radius 2 is 1.78 bits per heavy atom. The molecule has 0 spiro atoms. The second kappa shape index (κ2) is 4.98. The quantitative estimate of drug-likeness (QED) is 0.611. The van der Waals surface area contributed by atoms with Crippen molar-refractivity contribution in [3.05, 3.63) is 53.6 Å². The second-order valence-corrected chi connectivity index (χ2v) is 4.12. The SMILES string of the molecule is N=C(C(=N)c1ccc(O)cc1)C1=CCC(O)C=C1. The van der Waals surface area contributed by atoms with Crippen LogP contribution in [0.5, 0.6) is 5.75 Å². The number of allylic oxidation sites excluding steroid dienone is 2. The number of aliphatic hydroxyl groups is 1. The van der Waals surface area contributed by atoms with Crippen molar-refractivity contribution in [2.75, 3.05) is 0 Å². The molecule has 0 heterocycles. The largest absolute Gasteiger partial charge is 0.508 e. The third kappa shape index (κ3) is 2.55. The lowest BCUT2D eigenvalue weighted by Gasteiger charge is -2.13. The lowest BCUT2D eigenvalue weighted by Crippen LogP contribution is -2.17. The van der Waals surface area contributed by atoms with Gasteiger partial charge in [-0.1, -0.05) is 18.2 Å². The number of hydrogen-bond donors (Lipinski definition) is 4. The molecule has 4 nitrogen and oxygen atoms in total. The van der Waals surface area contributed by atoms with Crippen molar-refractivity contribution < 1.29 is 10.2 Å². The highest BCUT2D eigenvalue weighted by Gasteiger charge is 2.14. The van der Waals surface area contributed by atoms with Crippen LogP contribution in [-0.2, 0) is 0 Å². The van der Waals surface area contributed by atoms with Crippen LogP contribution in [0.3, 0.4) is 0 Å². The molecule has 4 N–H and O–H groups in total. The minimum Gasteiger partial charge on any atom is -0.508 e. The van der Waals surface area contributed by atoms with Crippen LogP contribution in [0.4, 0.5) is 0 Å². The summed E-state index contributed by atoms with van der Waals surface area (Å²) >= 11 is 0. The zero-order chi connectivity index (χ0) is 13.1. The second-order valence-electron chi connectivity index (χ2n) is 4.12. The highest BCUT2D eigenvalue weighted by Crippen LogP contribution is 2.16. The standard InChI is InChI=1S/C14H14N2O2/c15-13(9-1-5-11(17)6-2-9)14(16)10-3-7-12(18)8-4-10/h1-7,12,15-18H,8H2. The number of nitrogens with one attached hydrogen (secondary N) is 2. The van der Waals surface area contributed by atoms with Crippen molar-refractivity contribution in [3.63, 3.8) is 0 Å². The number of hydrogen-bond acceptors (Lipinski definition) is 4. The van der Waals surface area contributed by atoms with Crippen LogP contribution >= 0.6 is 0 Å². The zero-order valence-corrected chi connectivity index (χ0v) is 9.72. The highest BCUT2D eigenvalue weighted by atomic mass is 16.3. The number of aromatic hydroxyl groups is 1. The predicted molar refractivity (Wildman–Crippen MR) is 70.5 cm³/mol. The van der Waals surface area contributed by atoms with E-state index in [1.165, 1.54) is 12.1 Å². The molecule has 0 radical (unpaired) electrons. The summed E-state index contributed by atoms with van der Waals surface area (Å²) in [6.07, 6.45) is 5.00. The topological polar surface area (TPSA) is 88.2 Å². The molecule has 1 atom stereocenters. The average molecular weight is 242 g/mol. The molecule has 0 bridgehead atoms. The van der Waals surface area contributed by atoms with Crippen LogP contribution in [0.15, 0.2) is 48.1 Å². The predicted octanol–water partition coefficient (Wildman–Crippen LogP) is 2.03. The van der Waals surface area contributed by atoms with Crippen LogP contribution in [0.25, 0.3) is 0 Å². The Morgan fingerprint density at radius 3 is 2.33 bits per heavy atom. The molecule has 1 aliphatic carbocycles. The maximum absolute atomic E-state index is 9.31. The summed E-state index contributed by atoms with van der Waals surface area (Å²) in [6, 6.07) is 6.19. The van der Waals surface area contributed by atoms with Crippen LogP contribution in [0.2, 0.25) is 0 Å². The first-order valence-electron chi connectivity index (χ1n) is 5.61. The molecule has 2 rings (SSSR count). The summed E-state index contributed by atoms with van der Waals surface area (Å²) in [4.78, 5) is 0. The minimum absolute atomic E-state index is 0.0993. The summed E-state index contributed by atoms with van der Waals surface area (Å²) in [5.41, 5.74) is 1.43. The van der Waals surface area contributed by atoms with Gasteiger partial charge in [-0.3, -0.25) is 10.8 Å². The Hall–Kier alpha value is -2.20. The van der Waals surface area contributed by atoms with E-state index in [0.29, 0.717) is 17.6 Å². The fourth-order valence-corrected chi connectivity index (χ4v) is 1.71. The molecule has 0 saturated heterocycles. The van der Waals surface area contributed by atoms with Crippen LogP contribution in [0, 0.1) is 10.8 Å². The van der Waals surface area contributed by atoms with Gasteiger partial charge in [-0.25, -0.2) is 0 Å². The molecule has 1 aromatic rings. The third-order valence-electron chi connectivity index (χ3n) is 2.77. The minimum atomic E-state index is -0.496. The molecule has 0 aromatic heterocycles. The van der Waals surface area contributed by atoms with Crippen LogP contribution in [0.1, 0.15) is 12.0 Å². The Balaban J connectivity index is 2.17. The molecule has 1 aliphatic rings. The summed E-state index contributed by atoms with van der Waals surface area (Å²) in [5, 5.41) is 34.4. The number of phenols is 1. The van der Waals surface area contributed by atoms with Gasteiger partial charge in [0.05, 0.1) is 17.5 Å². The fourth-order valence-electron chi connectivity index (χ4n) is 1.71. The van der Waals surface area contributed by atoms with Crippen molar-refractivity contribution in [1.82, 2.24) is 0 Å². The first-order chi connectivity index (χ1) is 8.58. The number of benzene rings is 1. The average Bonchev–Trinajstić information content (AvgIpc) is 2.39. The van der Waals surface area contributed by atoms with E-state index in [1.54, 1.807) is 30.4 Å². The van der Waals surface area contributed by atoms with Gasteiger partial charge in [0, 0.05) is 5.56 Å². The normalized spacial score (nSPS) is 18.3. The van der Waals surface area contributed by atoms with Crippen molar-refractivity contribution in [2.24, 2.45) is 0 Å². The van der Waals surface area contributed by atoms with Crippen molar-refractivity contribution in [1.29, 1.82) is 10.8 Å². The van der Waals surface area contributed by atoms with Crippen molar-refractivity contribution >= 4 is 11.4 Å². The van der Waals surface area contributed by atoms with E-state index in [4.69, 9.17) is 10.8 Å². The summed E-state index contributed by atoms with van der Waals surface area (Å²) < 4.78 is 0. The number of phenolic OH excluding ortho intramolecular Hbond substituents is 1. The van der Waals surface area contributed by atoms with Crippen LogP contribution < -0.4 is 0 Å². The molecular weight excluding hydrogens is 228 g/mol. The smallest absolute Gasteiger partial charge is 0.115 e. The van der Waals surface area contributed by atoms with Crippen molar-refractivity contribution in [2.45, 2.75) is 12.5 Å². The van der Waals surface area contributed by atoms with Gasteiger partial charge in [0.25, 0.3) is 0 Å². The van der Waals surface area contributed by atoms with E-state index < -0.39 is 6.10 Å². The first-order valence-corrected chi connectivity index (χ1v) is 5.61. The summed E-state index contributed by atoms with van der Waals surface area (Å²) in [6.45, 7) is 0. The van der Waals surface area contributed by atoms with E-state index in [0.717, 1.165) is 0 Å². The highest BCUT2D eigenvalue weighted by molar-refractivity contribution is 6.52. The molecule has 0 fully saturated rings. The fraction of sp³-hybridized carbons (Fsp3) is 0.143. The molecule has 1 aromatic carbocycles. The van der Waals surface area contributed by atoms with E-state index in [2.05, 4.69) is 0 Å². The van der Waals surface area contributed by atoms with Crippen molar-refractivity contribution in [3.8, 4) is 5.75 Å². The third-order valence-corrected chi connectivity index (χ3v) is 2.77. The number of rotatable bonds is 3. The zero-order valence-electron chi connectivity index (χ0n) is 9.72. The summed E-state index contributed by atoms with van der Waals surface area (Å²) in [5.74, 6) is 0.137. The molecule has 18 heavy (non-hydrogen) atoms. The van der Waals surface area contributed by atoms with Gasteiger partial charge in [-0.2, -0.15) is 0 Å². The lowest BCUT2D eigenvalue weighted by atomic mass is 9.95. The Bertz CT molecular complexity index is 541. The maximum Gasteiger partial charge on any atom is 0.115 e. The van der Waals surface area contributed by atoms with Gasteiger partial charge >= 0.3 is 0 Å². The van der Waals surface area contributed by atoms with Gasteiger partial charge in [-0.15, -0.1) is 0 Å². The Morgan fingerprint density at radius 1 is 1.11 bits per heavy atom. The van der Waals surface area contributed by atoms with Gasteiger partial charge in [-0.05, 0) is 36.3 Å². The van der Waals surface area contributed by atoms with Gasteiger partial charge in [0.1, 0.15) is 5.75 Å². The monoisotopic (exact) mass is 242 g/mol. The van der Waals surface area contributed by atoms with Gasteiger partial charge in [0.2, 0.25) is 0 Å². The summed E-state index contributed by atoms with van der Waals surface area (Å²) in [7, 11) is 0. The molecule has 0 saturated carbocycles. The molecule has 0 aliphatic heterocycles. The van der Waals surface area contributed by atoms with Crippen LogP contribution in [-0.4, -0.2) is 27.7 Å². The van der Waals surface area contributed by atoms with E-state index in [9.17, 15) is 10.2 Å².